The largest absolute Gasteiger partial charge is 0.356 e. The first-order valence-electron chi connectivity index (χ1n) is 2.82. The molecule has 2 aromatic heterocycles. The van der Waals surface area contributed by atoms with Gasteiger partial charge in [-0.05, 0) is 6.07 Å². The summed E-state index contributed by atoms with van der Waals surface area (Å²) in [5, 5.41) is 8.54. The zero-order chi connectivity index (χ0) is 6.81. The second kappa shape index (κ2) is 2.27. The van der Waals surface area contributed by atoms with Gasteiger partial charge >= 0.3 is 0 Å². The van der Waals surface area contributed by atoms with Crippen molar-refractivity contribution in [2.24, 2.45) is 0 Å². The maximum Gasteiger partial charge on any atom is 0.167 e. The SMILES string of the molecule is [c]1cc(-c2ccno2)cs1. The summed E-state index contributed by atoms with van der Waals surface area (Å²) in [5.74, 6) is 0.803. The number of hydrogen-bond donors (Lipinski definition) is 0. The molecule has 3 heteroatoms. The smallest absolute Gasteiger partial charge is 0.167 e. The molecular weight excluding hydrogens is 146 g/mol. The summed E-state index contributed by atoms with van der Waals surface area (Å²) in [7, 11) is 0. The van der Waals surface area contributed by atoms with E-state index in [0.717, 1.165) is 11.3 Å². The molecule has 2 nitrogen and oxygen atoms in total. The van der Waals surface area contributed by atoms with Crippen LogP contribution < -0.4 is 0 Å². The van der Waals surface area contributed by atoms with Crippen LogP contribution in [0.3, 0.4) is 0 Å². The van der Waals surface area contributed by atoms with Crippen molar-refractivity contribution in [1.29, 1.82) is 0 Å². The number of aromatic nitrogens is 1. The van der Waals surface area contributed by atoms with Gasteiger partial charge in [-0.15, -0.1) is 11.3 Å². The number of nitrogens with zero attached hydrogens (tertiary/aromatic N) is 1. The predicted octanol–water partition coefficient (Wildman–Crippen LogP) is 2.20. The first-order chi connectivity index (χ1) is 4.97. The highest BCUT2D eigenvalue weighted by Crippen LogP contribution is 2.19. The number of thiophene rings is 1. The van der Waals surface area contributed by atoms with Gasteiger partial charge in [-0.1, -0.05) is 5.16 Å². The Labute approximate surface area is 62.1 Å². The fraction of sp³-hybridized carbons (Fsp3) is 0. The van der Waals surface area contributed by atoms with Crippen molar-refractivity contribution in [3.05, 3.63) is 29.1 Å². The van der Waals surface area contributed by atoms with Crippen molar-refractivity contribution in [1.82, 2.24) is 5.16 Å². The molecule has 0 saturated carbocycles. The zero-order valence-electron chi connectivity index (χ0n) is 5.07. The van der Waals surface area contributed by atoms with Gasteiger partial charge < -0.3 is 4.52 Å². The molecule has 0 spiro atoms. The third kappa shape index (κ3) is 0.844. The lowest BCUT2D eigenvalue weighted by Gasteiger charge is -1.82. The molecule has 0 atom stereocenters. The van der Waals surface area contributed by atoms with Gasteiger partial charge in [-0.25, -0.2) is 0 Å². The first kappa shape index (κ1) is 5.68. The van der Waals surface area contributed by atoms with E-state index in [1.165, 1.54) is 11.3 Å². The van der Waals surface area contributed by atoms with E-state index in [2.05, 4.69) is 10.5 Å². The molecule has 0 amide bonds. The van der Waals surface area contributed by atoms with Gasteiger partial charge in [-0.2, -0.15) is 0 Å². The van der Waals surface area contributed by atoms with Gasteiger partial charge in [0.25, 0.3) is 0 Å². The van der Waals surface area contributed by atoms with Crippen molar-refractivity contribution in [2.45, 2.75) is 0 Å². The van der Waals surface area contributed by atoms with Gasteiger partial charge in [0.15, 0.2) is 5.76 Å². The average Bonchev–Trinajstić information content (AvgIpc) is 2.59. The molecule has 2 rings (SSSR count). The summed E-state index contributed by atoms with van der Waals surface area (Å²) in [6, 6.07) is 3.71. The summed E-state index contributed by atoms with van der Waals surface area (Å²) < 4.78 is 4.91. The van der Waals surface area contributed by atoms with Crippen molar-refractivity contribution >= 4 is 11.3 Å². The Morgan fingerprint density at radius 1 is 1.60 bits per heavy atom. The Kier molecular flexibility index (Phi) is 1.29. The summed E-state index contributed by atoms with van der Waals surface area (Å²) in [6.07, 6.45) is 1.63. The van der Waals surface area contributed by atoms with E-state index < -0.39 is 0 Å². The standard InChI is InChI=1S/C7H4NOS/c1-3-8-9-7(1)6-2-4-10-5-6/h1-3,5H. The van der Waals surface area contributed by atoms with E-state index in [1.807, 2.05) is 17.5 Å². The van der Waals surface area contributed by atoms with E-state index in [1.54, 1.807) is 6.20 Å². The monoisotopic (exact) mass is 150 g/mol. The van der Waals surface area contributed by atoms with Crippen LogP contribution >= 0.6 is 11.3 Å². The molecule has 0 N–H and O–H groups in total. The highest BCUT2D eigenvalue weighted by atomic mass is 32.1. The lowest BCUT2D eigenvalue weighted by Crippen LogP contribution is -1.62. The average molecular weight is 150 g/mol. The maximum absolute atomic E-state index is 4.91. The van der Waals surface area contributed by atoms with Crippen molar-refractivity contribution in [3.8, 4) is 11.3 Å². The normalized spacial score (nSPS) is 10.0. The second-order valence-corrected chi connectivity index (χ2v) is 2.54. The summed E-state index contributed by atoms with van der Waals surface area (Å²) in [4.78, 5) is 0. The molecular formula is C7H4NOS. The summed E-state index contributed by atoms with van der Waals surface area (Å²) >= 11 is 1.53. The molecule has 2 heterocycles. The van der Waals surface area contributed by atoms with E-state index in [4.69, 9.17) is 4.52 Å². The molecule has 0 aliphatic carbocycles. The van der Waals surface area contributed by atoms with Crippen molar-refractivity contribution in [3.63, 3.8) is 0 Å². The topological polar surface area (TPSA) is 26.0 Å². The molecule has 0 aliphatic rings. The Morgan fingerprint density at radius 3 is 3.20 bits per heavy atom. The van der Waals surface area contributed by atoms with Crippen LogP contribution in [0.5, 0.6) is 0 Å². The molecule has 0 unspecified atom stereocenters. The van der Waals surface area contributed by atoms with E-state index in [-0.39, 0.29) is 0 Å². The predicted molar refractivity (Wildman–Crippen MR) is 38.7 cm³/mol. The highest BCUT2D eigenvalue weighted by molar-refractivity contribution is 7.07. The van der Waals surface area contributed by atoms with Crippen LogP contribution in [0.25, 0.3) is 11.3 Å². The lowest BCUT2D eigenvalue weighted by atomic mass is 10.3. The Morgan fingerprint density at radius 2 is 2.60 bits per heavy atom. The van der Waals surface area contributed by atoms with Crippen LogP contribution in [0, 0.1) is 5.38 Å². The molecule has 0 saturated heterocycles. The maximum atomic E-state index is 4.91. The Balaban J connectivity index is 2.48. The minimum Gasteiger partial charge on any atom is -0.356 e. The Hall–Kier alpha value is -1.09. The molecule has 1 radical (unpaired) electrons. The molecule has 0 bridgehead atoms. The molecule has 10 heavy (non-hydrogen) atoms. The number of rotatable bonds is 1. The summed E-state index contributed by atoms with van der Waals surface area (Å²) in [5.41, 5.74) is 1.04. The molecule has 2 aromatic rings. The van der Waals surface area contributed by atoms with Crippen LogP contribution in [0.15, 0.2) is 28.2 Å². The van der Waals surface area contributed by atoms with Gasteiger partial charge in [-0.3, -0.25) is 0 Å². The molecule has 0 fully saturated rings. The van der Waals surface area contributed by atoms with Crippen molar-refractivity contribution in [2.75, 3.05) is 0 Å². The van der Waals surface area contributed by atoms with Gasteiger partial charge in [0.1, 0.15) is 0 Å². The minimum absolute atomic E-state index is 0.803. The Bertz CT molecular complexity index is 253. The van der Waals surface area contributed by atoms with Gasteiger partial charge in [0, 0.05) is 22.4 Å². The van der Waals surface area contributed by atoms with E-state index in [9.17, 15) is 0 Å². The third-order valence-corrected chi connectivity index (χ3v) is 1.82. The lowest BCUT2D eigenvalue weighted by molar-refractivity contribution is 0.432. The zero-order valence-corrected chi connectivity index (χ0v) is 5.89. The molecule has 0 aromatic carbocycles. The second-order valence-electron chi connectivity index (χ2n) is 1.83. The highest BCUT2D eigenvalue weighted by Gasteiger charge is 1.99. The fourth-order valence-corrected chi connectivity index (χ4v) is 1.30. The van der Waals surface area contributed by atoms with Crippen LogP contribution in [0.2, 0.25) is 0 Å². The van der Waals surface area contributed by atoms with Crippen LogP contribution in [-0.4, -0.2) is 5.16 Å². The minimum atomic E-state index is 0.803. The fourth-order valence-electron chi connectivity index (χ4n) is 0.723. The molecule has 49 valence electrons. The van der Waals surface area contributed by atoms with Crippen LogP contribution in [0.1, 0.15) is 0 Å². The van der Waals surface area contributed by atoms with Gasteiger partial charge in [0.05, 0.1) is 6.20 Å². The van der Waals surface area contributed by atoms with Crippen molar-refractivity contribution < 1.29 is 4.52 Å². The van der Waals surface area contributed by atoms with Gasteiger partial charge in [0.2, 0.25) is 0 Å². The quantitative estimate of drug-likeness (QED) is 0.622. The molecule has 0 aliphatic heterocycles. The number of hydrogen-bond acceptors (Lipinski definition) is 3. The summed E-state index contributed by atoms with van der Waals surface area (Å²) in [6.45, 7) is 0. The third-order valence-electron chi connectivity index (χ3n) is 1.19. The van der Waals surface area contributed by atoms with Crippen LogP contribution in [0.4, 0.5) is 0 Å². The van der Waals surface area contributed by atoms with E-state index >= 15 is 0 Å². The first-order valence-corrected chi connectivity index (χ1v) is 3.70. The van der Waals surface area contributed by atoms with Crippen LogP contribution in [-0.2, 0) is 0 Å². The van der Waals surface area contributed by atoms with E-state index in [0.29, 0.717) is 0 Å².